The van der Waals surface area contributed by atoms with Crippen LogP contribution >= 0.6 is 0 Å². The van der Waals surface area contributed by atoms with Gasteiger partial charge in [0.2, 0.25) is 5.75 Å². The van der Waals surface area contributed by atoms with Gasteiger partial charge in [-0.3, -0.25) is 4.79 Å². The van der Waals surface area contributed by atoms with Crippen LogP contribution in [0.2, 0.25) is 0 Å². The quantitative estimate of drug-likeness (QED) is 0.857. The van der Waals surface area contributed by atoms with Crippen molar-refractivity contribution in [2.75, 3.05) is 21.3 Å². The molecule has 0 aliphatic carbocycles. The van der Waals surface area contributed by atoms with Crippen LogP contribution in [-0.2, 0) is 0 Å². The molecule has 0 heterocycles. The normalized spacial score (nSPS) is 10.0. The summed E-state index contributed by atoms with van der Waals surface area (Å²) in [5.41, 5.74) is 1.76. The molecule has 0 unspecified atom stereocenters. The van der Waals surface area contributed by atoms with Gasteiger partial charge in [-0.25, -0.2) is 0 Å². The minimum atomic E-state index is 0.152. The lowest BCUT2D eigenvalue weighted by Gasteiger charge is -2.17. The zero-order valence-electron chi connectivity index (χ0n) is 12.0. The van der Waals surface area contributed by atoms with E-state index in [4.69, 9.17) is 14.2 Å². The van der Waals surface area contributed by atoms with Gasteiger partial charge in [0.05, 0.1) is 26.9 Å². The topological polar surface area (TPSA) is 65.0 Å². The summed E-state index contributed by atoms with van der Waals surface area (Å²) in [7, 11) is 4.46. The molecule has 0 radical (unpaired) electrons. The number of phenolic OH excluding ortho intramolecular Hbond substituents is 1. The van der Waals surface area contributed by atoms with Gasteiger partial charge in [0.1, 0.15) is 5.75 Å². The van der Waals surface area contributed by atoms with E-state index in [1.165, 1.54) is 21.3 Å². The van der Waals surface area contributed by atoms with Gasteiger partial charge in [-0.1, -0.05) is 12.1 Å². The van der Waals surface area contributed by atoms with Gasteiger partial charge < -0.3 is 19.3 Å². The maximum Gasteiger partial charge on any atom is 0.204 e. The van der Waals surface area contributed by atoms with Crippen LogP contribution in [-0.4, -0.2) is 32.7 Å². The second-order valence-corrected chi connectivity index (χ2v) is 4.27. The summed E-state index contributed by atoms with van der Waals surface area (Å²) in [6.45, 7) is 0. The maximum absolute atomic E-state index is 11.5. The molecule has 5 nitrogen and oxygen atoms in total. The molecule has 0 bridgehead atoms. The van der Waals surface area contributed by atoms with E-state index in [1.54, 1.807) is 30.3 Å². The maximum atomic E-state index is 11.5. The van der Waals surface area contributed by atoms with Crippen LogP contribution in [0.25, 0.3) is 11.1 Å². The Morgan fingerprint density at radius 3 is 2.05 bits per heavy atom. The Bertz CT molecular complexity index is 647. The Hall–Kier alpha value is -2.69. The van der Waals surface area contributed by atoms with Crippen molar-refractivity contribution in [3.05, 3.63) is 35.9 Å². The van der Waals surface area contributed by atoms with Crippen LogP contribution in [0.15, 0.2) is 30.3 Å². The SMILES string of the molecule is COc1cc(-c2ccc(O)cc2)c(C=O)c(OC)c1OC. The van der Waals surface area contributed by atoms with E-state index >= 15 is 0 Å². The monoisotopic (exact) mass is 288 g/mol. The molecule has 2 aromatic rings. The number of hydrogen-bond donors (Lipinski definition) is 1. The number of rotatable bonds is 5. The van der Waals surface area contributed by atoms with Gasteiger partial charge in [-0.2, -0.15) is 0 Å². The van der Waals surface area contributed by atoms with Gasteiger partial charge >= 0.3 is 0 Å². The molecular formula is C16H16O5. The molecule has 0 atom stereocenters. The van der Waals surface area contributed by atoms with Gasteiger partial charge in [-0.15, -0.1) is 0 Å². The summed E-state index contributed by atoms with van der Waals surface area (Å²) < 4.78 is 15.9. The number of benzene rings is 2. The van der Waals surface area contributed by atoms with E-state index in [0.29, 0.717) is 34.7 Å². The number of methoxy groups -OCH3 is 3. The number of aldehydes is 1. The summed E-state index contributed by atoms with van der Waals surface area (Å²) in [5.74, 6) is 1.29. The third-order valence-corrected chi connectivity index (χ3v) is 3.16. The zero-order chi connectivity index (χ0) is 15.4. The number of phenols is 1. The first-order valence-electron chi connectivity index (χ1n) is 6.23. The smallest absolute Gasteiger partial charge is 0.204 e. The van der Waals surface area contributed by atoms with Crippen molar-refractivity contribution >= 4 is 6.29 Å². The second-order valence-electron chi connectivity index (χ2n) is 4.27. The lowest BCUT2D eigenvalue weighted by atomic mass is 9.98. The molecule has 110 valence electrons. The van der Waals surface area contributed by atoms with Gasteiger partial charge in [-0.05, 0) is 29.3 Å². The first-order chi connectivity index (χ1) is 10.2. The average molecular weight is 288 g/mol. The molecule has 0 aromatic heterocycles. The lowest BCUT2D eigenvalue weighted by Crippen LogP contribution is -2.00. The summed E-state index contributed by atoms with van der Waals surface area (Å²) in [6, 6.07) is 8.23. The minimum absolute atomic E-state index is 0.152. The van der Waals surface area contributed by atoms with Crippen molar-refractivity contribution in [2.24, 2.45) is 0 Å². The Labute approximate surface area is 122 Å². The third-order valence-electron chi connectivity index (χ3n) is 3.16. The Kier molecular flexibility index (Phi) is 4.33. The summed E-state index contributed by atoms with van der Waals surface area (Å²) in [6.07, 6.45) is 0.711. The highest BCUT2D eigenvalue weighted by atomic mass is 16.5. The van der Waals surface area contributed by atoms with Crippen LogP contribution in [0.4, 0.5) is 0 Å². The van der Waals surface area contributed by atoms with Gasteiger partial charge in [0, 0.05) is 0 Å². The fourth-order valence-electron chi connectivity index (χ4n) is 2.18. The van der Waals surface area contributed by atoms with Crippen molar-refractivity contribution < 1.29 is 24.1 Å². The highest BCUT2D eigenvalue weighted by molar-refractivity contribution is 5.94. The molecule has 2 aromatic carbocycles. The first kappa shape index (κ1) is 14.7. The second kappa shape index (κ2) is 6.17. The number of ether oxygens (including phenoxy) is 3. The van der Waals surface area contributed by atoms with E-state index in [0.717, 1.165) is 5.56 Å². The van der Waals surface area contributed by atoms with Crippen LogP contribution in [0.1, 0.15) is 10.4 Å². The molecule has 2 rings (SSSR count). The molecule has 21 heavy (non-hydrogen) atoms. The molecule has 0 fully saturated rings. The van der Waals surface area contributed by atoms with Crippen LogP contribution in [0.3, 0.4) is 0 Å². The Balaban J connectivity index is 2.75. The van der Waals surface area contributed by atoms with Gasteiger partial charge in [0.15, 0.2) is 17.8 Å². The number of aromatic hydroxyl groups is 1. The van der Waals surface area contributed by atoms with E-state index in [9.17, 15) is 9.90 Å². The lowest BCUT2D eigenvalue weighted by molar-refractivity contribution is 0.112. The molecule has 0 spiro atoms. The Morgan fingerprint density at radius 2 is 1.57 bits per heavy atom. The largest absolute Gasteiger partial charge is 0.508 e. The van der Waals surface area contributed by atoms with E-state index in [1.807, 2.05) is 0 Å². The number of carbonyl (C=O) groups is 1. The molecule has 0 saturated heterocycles. The first-order valence-corrected chi connectivity index (χ1v) is 6.23. The highest BCUT2D eigenvalue weighted by Gasteiger charge is 2.21. The zero-order valence-corrected chi connectivity index (χ0v) is 12.0. The van der Waals surface area contributed by atoms with Crippen molar-refractivity contribution in [3.8, 4) is 34.1 Å². The van der Waals surface area contributed by atoms with Crippen LogP contribution in [0, 0.1) is 0 Å². The van der Waals surface area contributed by atoms with Gasteiger partial charge in [0.25, 0.3) is 0 Å². The van der Waals surface area contributed by atoms with Crippen molar-refractivity contribution in [2.45, 2.75) is 0 Å². The molecule has 0 aliphatic rings. The number of hydrogen-bond acceptors (Lipinski definition) is 5. The summed E-state index contributed by atoms with van der Waals surface area (Å²) >= 11 is 0. The fraction of sp³-hybridized carbons (Fsp3) is 0.188. The number of carbonyl (C=O) groups excluding carboxylic acids is 1. The summed E-state index contributed by atoms with van der Waals surface area (Å²) in [4.78, 5) is 11.5. The van der Waals surface area contributed by atoms with Crippen LogP contribution < -0.4 is 14.2 Å². The van der Waals surface area contributed by atoms with Crippen molar-refractivity contribution in [3.63, 3.8) is 0 Å². The molecule has 0 amide bonds. The Morgan fingerprint density at radius 1 is 0.952 bits per heavy atom. The third kappa shape index (κ3) is 2.63. The van der Waals surface area contributed by atoms with E-state index < -0.39 is 0 Å². The predicted octanol–water partition coefficient (Wildman–Crippen LogP) is 2.90. The van der Waals surface area contributed by atoms with E-state index in [2.05, 4.69) is 0 Å². The molecule has 1 N–H and O–H groups in total. The highest BCUT2D eigenvalue weighted by Crippen LogP contribution is 2.44. The molecule has 5 heteroatoms. The fourth-order valence-corrected chi connectivity index (χ4v) is 2.18. The van der Waals surface area contributed by atoms with Crippen molar-refractivity contribution in [1.82, 2.24) is 0 Å². The predicted molar refractivity (Wildman–Crippen MR) is 78.6 cm³/mol. The molecule has 0 saturated carbocycles. The molecular weight excluding hydrogens is 272 g/mol. The average Bonchev–Trinajstić information content (AvgIpc) is 2.53. The van der Waals surface area contributed by atoms with E-state index in [-0.39, 0.29) is 5.75 Å². The summed E-state index contributed by atoms with van der Waals surface area (Å²) in [5, 5.41) is 9.37. The minimum Gasteiger partial charge on any atom is -0.508 e. The standard InChI is InChI=1S/C16H16O5/c1-19-14-8-12(10-4-6-11(18)7-5-10)13(9-17)15(20-2)16(14)21-3/h4-9,18H,1-3H3. The molecule has 0 aliphatic heterocycles. The van der Waals surface area contributed by atoms with Crippen molar-refractivity contribution in [1.29, 1.82) is 0 Å². The van der Waals surface area contributed by atoms with Crippen LogP contribution in [0.5, 0.6) is 23.0 Å².